The Morgan fingerprint density at radius 3 is 2.48 bits per heavy atom. The molecule has 1 heterocycles. The van der Waals surface area contributed by atoms with Gasteiger partial charge in [0.05, 0.1) is 7.11 Å². The summed E-state index contributed by atoms with van der Waals surface area (Å²) >= 11 is 1.61. The van der Waals surface area contributed by atoms with Crippen LogP contribution in [0.25, 0.3) is 0 Å². The Bertz CT molecular complexity index is 813. The average molecular weight is 415 g/mol. The van der Waals surface area contributed by atoms with Crippen molar-refractivity contribution in [2.24, 2.45) is 0 Å². The van der Waals surface area contributed by atoms with Gasteiger partial charge in [0.1, 0.15) is 17.2 Å². The standard InChI is InChI=1S/C22H26N2O4S/c1-27-14-6-13-23-20(25)19-15-29-22(17-7-4-3-5-8-17)24(19)21(26)16-9-11-18(28-2)12-10-16/h3-5,7-12,19,22H,6,13-15H2,1-2H3,(H,23,25)/t19-,22-/m0/s1. The van der Waals surface area contributed by atoms with E-state index in [2.05, 4.69) is 5.32 Å². The minimum Gasteiger partial charge on any atom is -0.497 e. The van der Waals surface area contributed by atoms with Crippen LogP contribution >= 0.6 is 11.8 Å². The van der Waals surface area contributed by atoms with Crippen LogP contribution in [0, 0.1) is 0 Å². The van der Waals surface area contributed by atoms with Crippen LogP contribution in [0.1, 0.15) is 27.7 Å². The van der Waals surface area contributed by atoms with E-state index in [4.69, 9.17) is 9.47 Å². The third-order valence-corrected chi connectivity index (χ3v) is 6.11. The van der Waals surface area contributed by atoms with Crippen LogP contribution < -0.4 is 10.1 Å². The molecule has 154 valence electrons. The summed E-state index contributed by atoms with van der Waals surface area (Å²) < 4.78 is 10.2. The maximum absolute atomic E-state index is 13.4. The van der Waals surface area contributed by atoms with Crippen molar-refractivity contribution in [3.63, 3.8) is 0 Å². The Labute approximate surface area is 175 Å². The van der Waals surface area contributed by atoms with Crippen molar-refractivity contribution in [2.45, 2.75) is 17.8 Å². The highest BCUT2D eigenvalue weighted by Crippen LogP contribution is 2.42. The molecule has 1 aliphatic heterocycles. The number of nitrogens with one attached hydrogen (secondary N) is 1. The molecule has 1 saturated heterocycles. The largest absolute Gasteiger partial charge is 0.497 e. The molecule has 0 saturated carbocycles. The zero-order chi connectivity index (χ0) is 20.6. The number of carbonyl (C=O) groups excluding carboxylic acids is 2. The lowest BCUT2D eigenvalue weighted by molar-refractivity contribution is -0.124. The van der Waals surface area contributed by atoms with Gasteiger partial charge < -0.3 is 19.7 Å². The van der Waals surface area contributed by atoms with Gasteiger partial charge in [0, 0.05) is 31.6 Å². The number of benzene rings is 2. The third kappa shape index (κ3) is 5.10. The van der Waals surface area contributed by atoms with E-state index in [1.165, 1.54) is 0 Å². The molecule has 2 amide bonds. The maximum atomic E-state index is 13.4. The van der Waals surface area contributed by atoms with Crippen LogP contribution in [0.2, 0.25) is 0 Å². The second kappa shape index (κ2) is 10.3. The minimum atomic E-state index is -0.526. The van der Waals surface area contributed by atoms with Crippen molar-refractivity contribution in [3.8, 4) is 5.75 Å². The highest BCUT2D eigenvalue weighted by molar-refractivity contribution is 7.99. The molecule has 1 N–H and O–H groups in total. The van der Waals surface area contributed by atoms with Crippen molar-refractivity contribution in [1.29, 1.82) is 0 Å². The van der Waals surface area contributed by atoms with E-state index in [0.29, 0.717) is 30.2 Å². The molecule has 6 nitrogen and oxygen atoms in total. The van der Waals surface area contributed by atoms with Gasteiger partial charge >= 0.3 is 0 Å². The Morgan fingerprint density at radius 1 is 1.10 bits per heavy atom. The van der Waals surface area contributed by atoms with Gasteiger partial charge in [-0.05, 0) is 36.2 Å². The predicted octanol–water partition coefficient (Wildman–Crippen LogP) is 3.10. The second-order valence-corrected chi connectivity index (χ2v) is 7.80. The van der Waals surface area contributed by atoms with E-state index in [1.54, 1.807) is 55.1 Å². The summed E-state index contributed by atoms with van der Waals surface area (Å²) in [5.41, 5.74) is 1.54. The fraction of sp³-hybridized carbons (Fsp3) is 0.364. The van der Waals surface area contributed by atoms with Crippen molar-refractivity contribution >= 4 is 23.6 Å². The lowest BCUT2D eigenvalue weighted by Crippen LogP contribution is -2.48. The summed E-state index contributed by atoms with van der Waals surface area (Å²) in [4.78, 5) is 27.9. The summed E-state index contributed by atoms with van der Waals surface area (Å²) in [5, 5.41) is 2.73. The number of amides is 2. The number of rotatable bonds is 8. The lowest BCUT2D eigenvalue weighted by Gasteiger charge is -2.29. The van der Waals surface area contributed by atoms with Gasteiger partial charge in [-0.15, -0.1) is 11.8 Å². The lowest BCUT2D eigenvalue weighted by atomic mass is 10.1. The smallest absolute Gasteiger partial charge is 0.255 e. The molecule has 2 aromatic rings. The summed E-state index contributed by atoms with van der Waals surface area (Å²) in [6.45, 7) is 1.11. The van der Waals surface area contributed by atoms with E-state index in [0.717, 1.165) is 12.0 Å². The highest BCUT2D eigenvalue weighted by atomic mass is 32.2. The molecule has 0 spiro atoms. The predicted molar refractivity (Wildman–Crippen MR) is 114 cm³/mol. The Morgan fingerprint density at radius 2 is 1.83 bits per heavy atom. The van der Waals surface area contributed by atoms with Gasteiger partial charge in [0.2, 0.25) is 5.91 Å². The first-order chi connectivity index (χ1) is 14.2. The number of thioether (sulfide) groups is 1. The average Bonchev–Trinajstić information content (AvgIpc) is 3.22. The Balaban J connectivity index is 1.83. The molecule has 0 bridgehead atoms. The van der Waals surface area contributed by atoms with Crippen LogP contribution in [-0.4, -0.2) is 55.9 Å². The van der Waals surface area contributed by atoms with Crippen LogP contribution in [0.15, 0.2) is 54.6 Å². The van der Waals surface area contributed by atoms with Gasteiger partial charge in [0.15, 0.2) is 0 Å². The van der Waals surface area contributed by atoms with Gasteiger partial charge in [-0.25, -0.2) is 0 Å². The molecular weight excluding hydrogens is 388 g/mol. The van der Waals surface area contributed by atoms with Gasteiger partial charge in [0.25, 0.3) is 5.91 Å². The summed E-state index contributed by atoms with van der Waals surface area (Å²) in [7, 11) is 3.22. The minimum absolute atomic E-state index is 0.131. The highest BCUT2D eigenvalue weighted by Gasteiger charge is 2.42. The summed E-state index contributed by atoms with van der Waals surface area (Å²) in [5.74, 6) is 0.944. The fourth-order valence-electron chi connectivity index (χ4n) is 3.26. The number of carbonyl (C=O) groups is 2. The molecule has 0 aromatic heterocycles. The molecule has 0 aliphatic carbocycles. The molecule has 29 heavy (non-hydrogen) atoms. The zero-order valence-corrected chi connectivity index (χ0v) is 17.5. The third-order valence-electron chi connectivity index (χ3n) is 4.78. The molecule has 1 aliphatic rings. The normalized spacial score (nSPS) is 18.5. The molecule has 7 heteroatoms. The van der Waals surface area contributed by atoms with Crippen molar-refractivity contribution < 1.29 is 19.1 Å². The molecule has 0 unspecified atom stereocenters. The summed E-state index contributed by atoms with van der Waals surface area (Å²) in [6.07, 6.45) is 0.733. The van der Waals surface area contributed by atoms with E-state index < -0.39 is 6.04 Å². The van der Waals surface area contributed by atoms with Crippen molar-refractivity contribution in [3.05, 3.63) is 65.7 Å². The van der Waals surface area contributed by atoms with E-state index in [9.17, 15) is 9.59 Å². The van der Waals surface area contributed by atoms with E-state index in [-0.39, 0.29) is 17.2 Å². The fourth-order valence-corrected chi connectivity index (χ4v) is 4.69. The second-order valence-electron chi connectivity index (χ2n) is 6.69. The number of hydrogen-bond acceptors (Lipinski definition) is 5. The van der Waals surface area contributed by atoms with Crippen molar-refractivity contribution in [1.82, 2.24) is 10.2 Å². The van der Waals surface area contributed by atoms with Crippen LogP contribution in [0.5, 0.6) is 5.75 Å². The SMILES string of the molecule is COCCCNC(=O)[C@@H]1CS[C@@H](c2ccccc2)N1C(=O)c1ccc(OC)cc1. The van der Waals surface area contributed by atoms with Crippen LogP contribution in [0.4, 0.5) is 0 Å². The van der Waals surface area contributed by atoms with Crippen LogP contribution in [0.3, 0.4) is 0 Å². The molecular formula is C22H26N2O4S. The maximum Gasteiger partial charge on any atom is 0.255 e. The van der Waals surface area contributed by atoms with Gasteiger partial charge in [-0.3, -0.25) is 9.59 Å². The van der Waals surface area contributed by atoms with E-state index in [1.807, 2.05) is 30.3 Å². The number of hydrogen-bond donors (Lipinski definition) is 1. The Kier molecular flexibility index (Phi) is 7.55. The number of ether oxygens (including phenoxy) is 2. The summed E-state index contributed by atoms with van der Waals surface area (Å²) in [6, 6.07) is 16.3. The van der Waals surface area contributed by atoms with E-state index >= 15 is 0 Å². The molecule has 2 atom stereocenters. The first kappa shape index (κ1) is 21.2. The molecule has 3 rings (SSSR count). The Hall–Kier alpha value is -2.51. The van der Waals surface area contributed by atoms with Gasteiger partial charge in [-0.2, -0.15) is 0 Å². The van der Waals surface area contributed by atoms with Crippen molar-refractivity contribution in [2.75, 3.05) is 33.1 Å². The topological polar surface area (TPSA) is 67.9 Å². The van der Waals surface area contributed by atoms with Crippen LogP contribution in [-0.2, 0) is 9.53 Å². The molecule has 1 fully saturated rings. The molecule has 2 aromatic carbocycles. The zero-order valence-electron chi connectivity index (χ0n) is 16.7. The van der Waals surface area contributed by atoms with Gasteiger partial charge in [-0.1, -0.05) is 30.3 Å². The number of methoxy groups -OCH3 is 2. The molecule has 0 radical (unpaired) electrons. The first-order valence-electron chi connectivity index (χ1n) is 9.55. The first-order valence-corrected chi connectivity index (χ1v) is 10.6. The number of nitrogens with zero attached hydrogens (tertiary/aromatic N) is 1. The monoisotopic (exact) mass is 414 g/mol. The quantitative estimate of drug-likeness (QED) is 0.673.